The first-order chi connectivity index (χ1) is 6.29. The van der Waals surface area contributed by atoms with E-state index in [-0.39, 0.29) is 0 Å². The van der Waals surface area contributed by atoms with Crippen LogP contribution in [0.25, 0.3) is 11.0 Å². The zero-order valence-corrected chi connectivity index (χ0v) is 9.01. The summed E-state index contributed by atoms with van der Waals surface area (Å²) in [6, 6.07) is 5.92. The van der Waals surface area contributed by atoms with Crippen LogP contribution in [0.15, 0.2) is 24.4 Å². The number of benzene rings is 1. The molecule has 0 radical (unpaired) electrons. The van der Waals surface area contributed by atoms with Gasteiger partial charge in [-0.2, -0.15) is 0 Å². The highest BCUT2D eigenvalue weighted by Gasteiger charge is 1.98. The fourth-order valence-corrected chi connectivity index (χ4v) is 1.61. The number of rotatable bonds is 1. The molecule has 0 atom stereocenters. The van der Waals surface area contributed by atoms with Crippen molar-refractivity contribution < 1.29 is 0 Å². The van der Waals surface area contributed by atoms with Crippen molar-refractivity contribution in [2.45, 2.75) is 5.33 Å². The molecule has 0 fully saturated rings. The van der Waals surface area contributed by atoms with E-state index in [1.54, 1.807) is 6.20 Å². The molecule has 4 heteroatoms. The highest BCUT2D eigenvalue weighted by molar-refractivity contribution is 9.08. The first-order valence-corrected chi connectivity index (χ1v) is 5.26. The molecule has 66 valence electrons. The first kappa shape index (κ1) is 8.91. The quantitative estimate of drug-likeness (QED) is 0.733. The Kier molecular flexibility index (Phi) is 2.47. The lowest BCUT2D eigenvalue weighted by Gasteiger charge is -1.98. The number of halogens is 2. The van der Waals surface area contributed by atoms with Crippen molar-refractivity contribution in [3.8, 4) is 0 Å². The Morgan fingerprint density at radius 1 is 1.31 bits per heavy atom. The third-order valence-corrected chi connectivity index (χ3v) is 2.56. The van der Waals surface area contributed by atoms with Crippen molar-refractivity contribution in [3.63, 3.8) is 0 Å². The van der Waals surface area contributed by atoms with Crippen molar-refractivity contribution in [1.29, 1.82) is 0 Å². The van der Waals surface area contributed by atoms with Gasteiger partial charge in [0.25, 0.3) is 0 Å². The number of nitrogens with zero attached hydrogens (tertiary/aromatic N) is 2. The van der Waals surface area contributed by atoms with E-state index < -0.39 is 0 Å². The second-order valence-corrected chi connectivity index (χ2v) is 3.60. The zero-order valence-electron chi connectivity index (χ0n) is 6.67. The van der Waals surface area contributed by atoms with Gasteiger partial charge in [-0.3, -0.25) is 4.98 Å². The van der Waals surface area contributed by atoms with Crippen LogP contribution in [-0.2, 0) is 5.33 Å². The smallest absolute Gasteiger partial charge is 0.148 e. The van der Waals surface area contributed by atoms with Crippen molar-refractivity contribution in [3.05, 3.63) is 35.1 Å². The Labute approximate surface area is 89.1 Å². The summed E-state index contributed by atoms with van der Waals surface area (Å²) in [5, 5.41) is 1.26. The minimum atomic E-state index is 0.430. The van der Waals surface area contributed by atoms with Crippen LogP contribution >= 0.6 is 27.5 Å². The maximum Gasteiger partial charge on any atom is 0.148 e. The van der Waals surface area contributed by atoms with Gasteiger partial charge in [0.05, 0.1) is 17.2 Å². The van der Waals surface area contributed by atoms with E-state index in [0.29, 0.717) is 5.15 Å². The second kappa shape index (κ2) is 3.60. The highest BCUT2D eigenvalue weighted by atomic mass is 79.9. The lowest BCUT2D eigenvalue weighted by Crippen LogP contribution is -1.85. The molecular formula is C9H6BrClN2. The fraction of sp³-hybridized carbons (Fsp3) is 0.111. The molecule has 0 unspecified atom stereocenters. The summed E-state index contributed by atoms with van der Waals surface area (Å²) >= 11 is 9.09. The van der Waals surface area contributed by atoms with Gasteiger partial charge in [0.15, 0.2) is 0 Å². The number of hydrogen-bond acceptors (Lipinski definition) is 2. The lowest BCUT2D eigenvalue weighted by atomic mass is 10.2. The molecule has 1 aromatic carbocycles. The Balaban J connectivity index is 2.66. The van der Waals surface area contributed by atoms with Crippen LogP contribution in [0, 0.1) is 0 Å². The van der Waals surface area contributed by atoms with E-state index in [2.05, 4.69) is 25.9 Å². The summed E-state index contributed by atoms with van der Waals surface area (Å²) < 4.78 is 0. The first-order valence-electron chi connectivity index (χ1n) is 3.77. The van der Waals surface area contributed by atoms with Gasteiger partial charge in [-0.1, -0.05) is 33.6 Å². The van der Waals surface area contributed by atoms with Crippen molar-refractivity contribution >= 4 is 38.6 Å². The van der Waals surface area contributed by atoms with Gasteiger partial charge in [0.2, 0.25) is 0 Å². The molecule has 0 bridgehead atoms. The third kappa shape index (κ3) is 1.81. The minimum absolute atomic E-state index is 0.430. The topological polar surface area (TPSA) is 25.8 Å². The SMILES string of the molecule is Clc1cnc2cc(CBr)ccc2n1. The van der Waals surface area contributed by atoms with E-state index in [0.717, 1.165) is 16.4 Å². The average molecular weight is 258 g/mol. The Morgan fingerprint density at radius 2 is 2.15 bits per heavy atom. The molecule has 0 aliphatic carbocycles. The number of alkyl halides is 1. The van der Waals surface area contributed by atoms with Crippen LogP contribution in [0.3, 0.4) is 0 Å². The second-order valence-electron chi connectivity index (χ2n) is 2.65. The van der Waals surface area contributed by atoms with Crippen LogP contribution in [0.4, 0.5) is 0 Å². The van der Waals surface area contributed by atoms with Gasteiger partial charge in [-0.15, -0.1) is 0 Å². The third-order valence-electron chi connectivity index (χ3n) is 1.73. The van der Waals surface area contributed by atoms with Gasteiger partial charge in [0.1, 0.15) is 5.15 Å². The van der Waals surface area contributed by atoms with E-state index in [1.807, 2.05) is 18.2 Å². The molecule has 2 rings (SSSR count). The Morgan fingerprint density at radius 3 is 2.92 bits per heavy atom. The molecule has 2 nitrogen and oxygen atoms in total. The standard InChI is InChI=1S/C9H6BrClN2/c10-4-6-1-2-7-8(3-6)12-5-9(11)13-7/h1-3,5H,4H2. The highest BCUT2D eigenvalue weighted by Crippen LogP contribution is 2.15. The monoisotopic (exact) mass is 256 g/mol. The van der Waals surface area contributed by atoms with Crippen molar-refractivity contribution in [1.82, 2.24) is 9.97 Å². The molecule has 2 aromatic rings. The van der Waals surface area contributed by atoms with Gasteiger partial charge >= 0.3 is 0 Å². The molecular weight excluding hydrogens is 251 g/mol. The minimum Gasteiger partial charge on any atom is -0.251 e. The summed E-state index contributed by atoms with van der Waals surface area (Å²) in [5.74, 6) is 0. The van der Waals surface area contributed by atoms with Crippen molar-refractivity contribution in [2.24, 2.45) is 0 Å². The predicted molar refractivity (Wildman–Crippen MR) is 57.2 cm³/mol. The molecule has 0 saturated heterocycles. The lowest BCUT2D eigenvalue weighted by molar-refractivity contribution is 1.28. The number of fused-ring (bicyclic) bond motifs is 1. The van der Waals surface area contributed by atoms with E-state index >= 15 is 0 Å². The van der Waals surface area contributed by atoms with E-state index in [4.69, 9.17) is 11.6 Å². The van der Waals surface area contributed by atoms with Crippen LogP contribution in [0.2, 0.25) is 5.15 Å². The number of hydrogen-bond donors (Lipinski definition) is 0. The van der Waals surface area contributed by atoms with Crippen LogP contribution < -0.4 is 0 Å². The normalized spacial score (nSPS) is 10.6. The van der Waals surface area contributed by atoms with E-state index in [1.165, 1.54) is 5.56 Å². The predicted octanol–water partition coefficient (Wildman–Crippen LogP) is 3.18. The van der Waals surface area contributed by atoms with Gasteiger partial charge in [-0.25, -0.2) is 4.98 Å². The van der Waals surface area contributed by atoms with Gasteiger partial charge < -0.3 is 0 Å². The zero-order chi connectivity index (χ0) is 9.26. The molecule has 0 aliphatic heterocycles. The summed E-state index contributed by atoms with van der Waals surface area (Å²) in [6.07, 6.45) is 1.56. The summed E-state index contributed by atoms with van der Waals surface area (Å²) in [7, 11) is 0. The van der Waals surface area contributed by atoms with E-state index in [9.17, 15) is 0 Å². The average Bonchev–Trinajstić information content (AvgIpc) is 2.17. The molecule has 1 aromatic heterocycles. The Bertz CT molecular complexity index is 445. The molecule has 0 spiro atoms. The maximum atomic E-state index is 5.71. The van der Waals surface area contributed by atoms with Crippen LogP contribution in [0.5, 0.6) is 0 Å². The molecule has 0 amide bonds. The van der Waals surface area contributed by atoms with Crippen molar-refractivity contribution in [2.75, 3.05) is 0 Å². The van der Waals surface area contributed by atoms with Gasteiger partial charge in [-0.05, 0) is 17.7 Å². The summed E-state index contributed by atoms with van der Waals surface area (Å²) in [4.78, 5) is 8.31. The fourth-order valence-electron chi connectivity index (χ4n) is 1.12. The molecule has 0 saturated carbocycles. The Hall–Kier alpha value is -0.670. The molecule has 13 heavy (non-hydrogen) atoms. The maximum absolute atomic E-state index is 5.71. The summed E-state index contributed by atoms with van der Waals surface area (Å²) in [5.41, 5.74) is 2.89. The van der Waals surface area contributed by atoms with Crippen LogP contribution in [0.1, 0.15) is 5.56 Å². The largest absolute Gasteiger partial charge is 0.251 e. The molecule has 1 heterocycles. The summed E-state index contributed by atoms with van der Waals surface area (Å²) in [6.45, 7) is 0. The number of aromatic nitrogens is 2. The molecule has 0 N–H and O–H groups in total. The van der Waals surface area contributed by atoms with Gasteiger partial charge in [0, 0.05) is 5.33 Å². The van der Waals surface area contributed by atoms with Crippen LogP contribution in [-0.4, -0.2) is 9.97 Å². The molecule has 0 aliphatic rings.